The van der Waals surface area contributed by atoms with Crippen LogP contribution in [0.25, 0.3) is 0 Å². The van der Waals surface area contributed by atoms with Crippen LogP contribution in [-0.4, -0.2) is 36.1 Å². The average Bonchev–Trinajstić information content (AvgIpc) is 2.35. The van der Waals surface area contributed by atoms with Gasteiger partial charge in [0, 0.05) is 12.3 Å². The van der Waals surface area contributed by atoms with Crippen molar-refractivity contribution in [1.82, 2.24) is 4.90 Å². The van der Waals surface area contributed by atoms with Crippen molar-refractivity contribution in [2.75, 3.05) is 13.6 Å². The van der Waals surface area contributed by atoms with E-state index >= 15 is 0 Å². The van der Waals surface area contributed by atoms with Gasteiger partial charge in [-0.25, -0.2) is 0 Å². The first kappa shape index (κ1) is 15.4. The quantitative estimate of drug-likeness (QED) is 0.730. The van der Waals surface area contributed by atoms with Crippen LogP contribution >= 0.6 is 0 Å². The van der Waals surface area contributed by atoms with Crippen LogP contribution in [-0.2, 0) is 9.59 Å². The van der Waals surface area contributed by atoms with Gasteiger partial charge in [0.15, 0.2) is 5.78 Å². The summed E-state index contributed by atoms with van der Waals surface area (Å²) in [7, 11) is 2.02. The molecule has 1 unspecified atom stereocenters. The summed E-state index contributed by atoms with van der Waals surface area (Å²) in [5, 5.41) is 0. The van der Waals surface area contributed by atoms with Gasteiger partial charge in [0.05, 0.1) is 6.04 Å². The number of carbonyl (C=O) groups is 2. The van der Waals surface area contributed by atoms with Gasteiger partial charge in [-0.1, -0.05) is 26.7 Å². The third-order valence-electron chi connectivity index (χ3n) is 4.42. The molecule has 1 saturated heterocycles. The molecular formula is C15H27NO2. The molecule has 0 aromatic rings. The molecule has 0 N–H and O–H groups in total. The minimum atomic E-state index is -0.0853. The molecule has 1 rings (SSSR count). The molecule has 0 bridgehead atoms. The molecule has 104 valence electrons. The summed E-state index contributed by atoms with van der Waals surface area (Å²) >= 11 is 0. The van der Waals surface area contributed by atoms with Crippen molar-refractivity contribution in [3.63, 3.8) is 0 Å². The highest BCUT2D eigenvalue weighted by Gasteiger charge is 2.30. The maximum Gasteiger partial charge on any atom is 0.150 e. The van der Waals surface area contributed by atoms with Crippen molar-refractivity contribution in [1.29, 1.82) is 0 Å². The maximum atomic E-state index is 12.3. The van der Waals surface area contributed by atoms with E-state index in [4.69, 9.17) is 0 Å². The first-order chi connectivity index (χ1) is 8.47. The highest BCUT2D eigenvalue weighted by atomic mass is 16.1. The predicted molar refractivity (Wildman–Crippen MR) is 73.5 cm³/mol. The highest BCUT2D eigenvalue weighted by Crippen LogP contribution is 2.24. The Bertz CT molecular complexity index is 301. The molecule has 0 spiro atoms. The fourth-order valence-corrected chi connectivity index (χ4v) is 2.86. The Morgan fingerprint density at radius 3 is 2.50 bits per heavy atom. The molecule has 1 heterocycles. The SMILES string of the molecule is CC[C@H](C)C(CC(=O)[C@H]1CCCCN1C)C(C)=O. The van der Waals surface area contributed by atoms with E-state index in [1.165, 1.54) is 6.42 Å². The van der Waals surface area contributed by atoms with Crippen molar-refractivity contribution >= 4 is 11.6 Å². The molecule has 0 saturated carbocycles. The average molecular weight is 253 g/mol. The largest absolute Gasteiger partial charge is 0.300 e. The minimum Gasteiger partial charge on any atom is -0.300 e. The third kappa shape index (κ3) is 3.91. The summed E-state index contributed by atoms with van der Waals surface area (Å²) < 4.78 is 0. The van der Waals surface area contributed by atoms with Crippen LogP contribution in [0.15, 0.2) is 0 Å². The molecule has 0 aliphatic carbocycles. The molecule has 1 aliphatic rings. The number of nitrogens with zero attached hydrogens (tertiary/aromatic N) is 1. The number of rotatable bonds is 6. The Morgan fingerprint density at radius 2 is 2.00 bits per heavy atom. The second-order valence-electron chi connectivity index (χ2n) is 5.77. The van der Waals surface area contributed by atoms with E-state index in [9.17, 15) is 9.59 Å². The van der Waals surface area contributed by atoms with E-state index in [-0.39, 0.29) is 23.5 Å². The Morgan fingerprint density at radius 1 is 1.33 bits per heavy atom. The Hall–Kier alpha value is -0.700. The van der Waals surface area contributed by atoms with Crippen molar-refractivity contribution in [3.8, 4) is 0 Å². The third-order valence-corrected chi connectivity index (χ3v) is 4.42. The topological polar surface area (TPSA) is 37.4 Å². The number of Topliss-reactive ketones (excluding diaryl/α,β-unsaturated/α-hetero) is 2. The second kappa shape index (κ2) is 7.03. The molecule has 1 fully saturated rings. The molecule has 1 aliphatic heterocycles. The lowest BCUT2D eigenvalue weighted by molar-refractivity contribution is -0.131. The second-order valence-corrected chi connectivity index (χ2v) is 5.77. The van der Waals surface area contributed by atoms with Gasteiger partial charge in [-0.05, 0) is 39.3 Å². The molecule has 18 heavy (non-hydrogen) atoms. The van der Waals surface area contributed by atoms with Gasteiger partial charge in [-0.2, -0.15) is 0 Å². The molecule has 0 aromatic carbocycles. The molecule has 0 aromatic heterocycles. The van der Waals surface area contributed by atoms with Crippen molar-refractivity contribution in [2.45, 2.75) is 58.9 Å². The van der Waals surface area contributed by atoms with Crippen molar-refractivity contribution < 1.29 is 9.59 Å². The smallest absolute Gasteiger partial charge is 0.150 e. The van der Waals surface area contributed by atoms with Crippen LogP contribution in [0.4, 0.5) is 0 Å². The maximum absolute atomic E-state index is 12.3. The normalized spacial score (nSPS) is 24.6. The van der Waals surface area contributed by atoms with E-state index in [0.29, 0.717) is 12.3 Å². The van der Waals surface area contributed by atoms with Crippen molar-refractivity contribution in [3.05, 3.63) is 0 Å². The van der Waals surface area contributed by atoms with Gasteiger partial charge in [0.25, 0.3) is 0 Å². The van der Waals surface area contributed by atoms with Crippen LogP contribution in [0.2, 0.25) is 0 Å². The summed E-state index contributed by atoms with van der Waals surface area (Å²) in [6.45, 7) is 6.78. The number of hydrogen-bond donors (Lipinski definition) is 0. The number of hydrogen-bond acceptors (Lipinski definition) is 3. The summed E-state index contributed by atoms with van der Waals surface area (Å²) in [5.74, 6) is 0.645. The number of piperidine rings is 1. The fourth-order valence-electron chi connectivity index (χ4n) is 2.86. The number of likely N-dealkylation sites (N-methyl/N-ethyl adjacent to an activating group) is 1. The lowest BCUT2D eigenvalue weighted by atomic mass is 9.82. The van der Waals surface area contributed by atoms with Crippen LogP contribution in [0, 0.1) is 11.8 Å². The first-order valence-corrected chi connectivity index (χ1v) is 7.20. The number of likely N-dealkylation sites (tertiary alicyclic amines) is 1. The zero-order chi connectivity index (χ0) is 13.7. The van der Waals surface area contributed by atoms with Crippen LogP contribution < -0.4 is 0 Å². The summed E-state index contributed by atoms with van der Waals surface area (Å²) in [4.78, 5) is 26.2. The van der Waals surface area contributed by atoms with Crippen LogP contribution in [0.1, 0.15) is 52.9 Å². The molecule has 3 heteroatoms. The zero-order valence-electron chi connectivity index (χ0n) is 12.2. The van der Waals surface area contributed by atoms with E-state index in [0.717, 1.165) is 25.8 Å². The lowest BCUT2D eigenvalue weighted by Crippen LogP contribution is -2.43. The zero-order valence-corrected chi connectivity index (χ0v) is 12.2. The monoisotopic (exact) mass is 253 g/mol. The molecule has 0 radical (unpaired) electrons. The van der Waals surface area contributed by atoms with Crippen molar-refractivity contribution in [2.24, 2.45) is 11.8 Å². The van der Waals surface area contributed by atoms with E-state index in [2.05, 4.69) is 18.7 Å². The minimum absolute atomic E-state index is 0.0460. The van der Waals surface area contributed by atoms with Gasteiger partial charge >= 0.3 is 0 Å². The fraction of sp³-hybridized carbons (Fsp3) is 0.867. The standard InChI is InChI=1S/C15H27NO2/c1-5-11(2)13(12(3)17)10-15(18)14-8-6-7-9-16(14)4/h11,13-14H,5-10H2,1-4H3/t11-,13?,14+/m0/s1. The predicted octanol–water partition coefficient (Wildman–Crippen LogP) is 2.68. The van der Waals surface area contributed by atoms with E-state index in [1.54, 1.807) is 6.92 Å². The van der Waals surface area contributed by atoms with E-state index in [1.807, 2.05) is 7.05 Å². The van der Waals surface area contributed by atoms with Gasteiger partial charge in [0.2, 0.25) is 0 Å². The molecule has 0 amide bonds. The number of carbonyl (C=O) groups excluding carboxylic acids is 2. The molecular weight excluding hydrogens is 226 g/mol. The van der Waals surface area contributed by atoms with Gasteiger partial charge in [-0.15, -0.1) is 0 Å². The van der Waals surface area contributed by atoms with Gasteiger partial charge < -0.3 is 0 Å². The first-order valence-electron chi connectivity index (χ1n) is 7.20. The molecule has 3 nitrogen and oxygen atoms in total. The van der Waals surface area contributed by atoms with Gasteiger partial charge in [0.1, 0.15) is 5.78 Å². The summed E-state index contributed by atoms with van der Waals surface area (Å²) in [6, 6.07) is 0.0460. The van der Waals surface area contributed by atoms with E-state index < -0.39 is 0 Å². The Balaban J connectivity index is 2.63. The van der Waals surface area contributed by atoms with Crippen LogP contribution in [0.3, 0.4) is 0 Å². The van der Waals surface area contributed by atoms with Crippen LogP contribution in [0.5, 0.6) is 0 Å². The highest BCUT2D eigenvalue weighted by molar-refractivity contribution is 5.89. The Labute approximate surface area is 111 Å². The molecule has 3 atom stereocenters. The summed E-state index contributed by atoms with van der Waals surface area (Å²) in [6.07, 6.45) is 4.66. The lowest BCUT2D eigenvalue weighted by Gasteiger charge is -2.32. The Kier molecular flexibility index (Phi) is 6.00. The summed E-state index contributed by atoms with van der Waals surface area (Å²) in [5.41, 5.74) is 0. The number of ketones is 2. The van der Waals surface area contributed by atoms with Gasteiger partial charge in [-0.3, -0.25) is 14.5 Å².